The maximum atomic E-state index is 12.8. The molecular formula is C21H21F2N3O3. The van der Waals surface area contributed by atoms with Gasteiger partial charge in [-0.3, -0.25) is 9.59 Å². The van der Waals surface area contributed by atoms with E-state index >= 15 is 0 Å². The molecule has 2 N–H and O–H groups in total. The zero-order chi connectivity index (χ0) is 20.8. The third-order valence-electron chi connectivity index (χ3n) is 4.42. The van der Waals surface area contributed by atoms with Gasteiger partial charge in [0, 0.05) is 12.1 Å². The number of halogens is 2. The van der Waals surface area contributed by atoms with Crippen molar-refractivity contribution < 1.29 is 23.1 Å². The molecule has 0 bridgehead atoms. The van der Waals surface area contributed by atoms with E-state index in [1.807, 2.05) is 30.3 Å². The highest BCUT2D eigenvalue weighted by molar-refractivity contribution is 5.97. The molecule has 3 aromatic rings. The Morgan fingerprint density at radius 3 is 2.62 bits per heavy atom. The number of rotatable bonds is 8. The quantitative estimate of drug-likeness (QED) is 0.565. The number of amides is 1. The number of alkyl halides is 2. The van der Waals surface area contributed by atoms with Gasteiger partial charge in [-0.2, -0.15) is 0 Å². The SMILES string of the molecule is CCOC(=O)C(CNC(=O)c1ccc2nc(C(F)F)[nH]c2c1)Cc1ccccc1. The Morgan fingerprint density at radius 2 is 1.93 bits per heavy atom. The normalized spacial score (nSPS) is 12.1. The average Bonchev–Trinajstić information content (AvgIpc) is 3.15. The Hall–Kier alpha value is -3.29. The van der Waals surface area contributed by atoms with Crippen LogP contribution < -0.4 is 5.32 Å². The number of ether oxygens (including phenoxy) is 1. The van der Waals surface area contributed by atoms with Crippen LogP contribution in [0.4, 0.5) is 8.78 Å². The standard InChI is InChI=1S/C21H21F2N3O3/c1-2-29-21(28)15(10-13-6-4-3-5-7-13)12-24-20(27)14-8-9-16-17(11-14)26-19(25-16)18(22)23/h3-9,11,15,18H,2,10,12H2,1H3,(H,24,27)(H,25,26). The van der Waals surface area contributed by atoms with Crippen LogP contribution in [-0.2, 0) is 16.0 Å². The first kappa shape index (κ1) is 20.4. The molecule has 8 heteroatoms. The van der Waals surface area contributed by atoms with Gasteiger partial charge in [0.05, 0.1) is 23.6 Å². The molecule has 0 saturated carbocycles. The topological polar surface area (TPSA) is 84.1 Å². The van der Waals surface area contributed by atoms with Crippen molar-refractivity contribution in [3.05, 3.63) is 65.5 Å². The van der Waals surface area contributed by atoms with Crippen LogP contribution in [0.1, 0.15) is 35.1 Å². The van der Waals surface area contributed by atoms with Gasteiger partial charge in [0.25, 0.3) is 12.3 Å². The molecule has 0 fully saturated rings. The molecule has 1 unspecified atom stereocenters. The predicted molar refractivity (Wildman–Crippen MR) is 104 cm³/mol. The van der Waals surface area contributed by atoms with Crippen molar-refractivity contribution in [3.63, 3.8) is 0 Å². The van der Waals surface area contributed by atoms with Gasteiger partial charge in [0.15, 0.2) is 5.82 Å². The molecule has 3 rings (SSSR count). The fourth-order valence-corrected chi connectivity index (χ4v) is 2.99. The monoisotopic (exact) mass is 401 g/mol. The summed E-state index contributed by atoms with van der Waals surface area (Å²) < 4.78 is 30.7. The van der Waals surface area contributed by atoms with Crippen LogP contribution in [0.25, 0.3) is 11.0 Å². The third kappa shape index (κ3) is 5.16. The Bertz CT molecular complexity index is 989. The van der Waals surface area contributed by atoms with Crippen LogP contribution in [0.2, 0.25) is 0 Å². The number of hydrogen-bond acceptors (Lipinski definition) is 4. The van der Waals surface area contributed by atoms with Crippen molar-refractivity contribution in [1.82, 2.24) is 15.3 Å². The molecule has 1 atom stereocenters. The second kappa shape index (κ2) is 9.27. The second-order valence-corrected chi connectivity index (χ2v) is 6.50. The van der Waals surface area contributed by atoms with Crippen LogP contribution in [0, 0.1) is 5.92 Å². The summed E-state index contributed by atoms with van der Waals surface area (Å²) in [7, 11) is 0. The van der Waals surface area contributed by atoms with Crippen molar-refractivity contribution in [2.24, 2.45) is 5.92 Å². The summed E-state index contributed by atoms with van der Waals surface area (Å²) in [6.07, 6.45) is -2.29. The molecule has 0 aliphatic rings. The van der Waals surface area contributed by atoms with Gasteiger partial charge in [0.2, 0.25) is 0 Å². The predicted octanol–water partition coefficient (Wildman–Crippen LogP) is 3.65. The molecule has 2 aromatic carbocycles. The zero-order valence-electron chi connectivity index (χ0n) is 15.8. The number of aromatic nitrogens is 2. The Labute approximate surface area is 166 Å². The third-order valence-corrected chi connectivity index (χ3v) is 4.42. The van der Waals surface area contributed by atoms with Crippen LogP contribution in [0.3, 0.4) is 0 Å². The van der Waals surface area contributed by atoms with Crippen LogP contribution in [0.5, 0.6) is 0 Å². The Morgan fingerprint density at radius 1 is 1.17 bits per heavy atom. The van der Waals surface area contributed by atoms with E-state index in [2.05, 4.69) is 15.3 Å². The number of imidazole rings is 1. The van der Waals surface area contributed by atoms with E-state index in [9.17, 15) is 18.4 Å². The van der Waals surface area contributed by atoms with E-state index in [1.165, 1.54) is 18.2 Å². The van der Waals surface area contributed by atoms with Gasteiger partial charge in [-0.15, -0.1) is 0 Å². The number of nitrogens with zero attached hydrogens (tertiary/aromatic N) is 1. The van der Waals surface area contributed by atoms with E-state index in [0.717, 1.165) is 5.56 Å². The molecule has 0 saturated heterocycles. The van der Waals surface area contributed by atoms with Gasteiger partial charge in [-0.25, -0.2) is 13.8 Å². The van der Waals surface area contributed by atoms with Gasteiger partial charge in [-0.05, 0) is 37.1 Å². The smallest absolute Gasteiger partial charge is 0.311 e. The minimum atomic E-state index is -2.72. The van der Waals surface area contributed by atoms with Gasteiger partial charge < -0.3 is 15.0 Å². The van der Waals surface area contributed by atoms with Crippen molar-refractivity contribution in [3.8, 4) is 0 Å². The van der Waals surface area contributed by atoms with Crippen LogP contribution in [-0.4, -0.2) is 35.0 Å². The number of esters is 1. The Balaban J connectivity index is 1.70. The highest BCUT2D eigenvalue weighted by Gasteiger charge is 2.22. The molecule has 6 nitrogen and oxygen atoms in total. The molecule has 1 amide bonds. The summed E-state index contributed by atoms with van der Waals surface area (Å²) in [5.41, 5.74) is 1.94. The van der Waals surface area contributed by atoms with Gasteiger partial charge >= 0.3 is 5.97 Å². The minimum Gasteiger partial charge on any atom is -0.466 e. The second-order valence-electron chi connectivity index (χ2n) is 6.50. The first-order valence-corrected chi connectivity index (χ1v) is 9.24. The van der Waals surface area contributed by atoms with Crippen molar-refractivity contribution in [1.29, 1.82) is 0 Å². The molecule has 1 aromatic heterocycles. The number of carbonyl (C=O) groups excluding carboxylic acids is 2. The summed E-state index contributed by atoms with van der Waals surface area (Å²) >= 11 is 0. The lowest BCUT2D eigenvalue weighted by Crippen LogP contribution is -2.35. The van der Waals surface area contributed by atoms with Crippen LogP contribution >= 0.6 is 0 Å². The highest BCUT2D eigenvalue weighted by Crippen LogP contribution is 2.20. The van der Waals surface area contributed by atoms with Crippen molar-refractivity contribution >= 4 is 22.9 Å². The molecule has 0 radical (unpaired) electrons. The van der Waals surface area contributed by atoms with Gasteiger partial charge in [-0.1, -0.05) is 30.3 Å². The number of fused-ring (bicyclic) bond motifs is 1. The zero-order valence-corrected chi connectivity index (χ0v) is 15.8. The first-order chi connectivity index (χ1) is 14.0. The summed E-state index contributed by atoms with van der Waals surface area (Å²) in [5, 5.41) is 2.73. The lowest BCUT2D eigenvalue weighted by molar-refractivity contribution is -0.147. The van der Waals surface area contributed by atoms with E-state index in [-0.39, 0.29) is 24.7 Å². The molecule has 0 aliphatic carbocycles. The molecule has 0 aliphatic heterocycles. The Kier molecular flexibility index (Phi) is 6.54. The number of benzene rings is 2. The average molecular weight is 401 g/mol. The molecule has 152 valence electrons. The van der Waals surface area contributed by atoms with E-state index in [4.69, 9.17) is 4.74 Å². The van der Waals surface area contributed by atoms with E-state index in [1.54, 1.807) is 6.92 Å². The largest absolute Gasteiger partial charge is 0.466 e. The number of nitrogens with one attached hydrogen (secondary N) is 2. The van der Waals surface area contributed by atoms with E-state index in [0.29, 0.717) is 17.5 Å². The number of carbonyl (C=O) groups is 2. The molecule has 1 heterocycles. The number of hydrogen-bond donors (Lipinski definition) is 2. The number of H-pyrrole nitrogens is 1. The van der Waals surface area contributed by atoms with Crippen molar-refractivity contribution in [2.75, 3.05) is 13.2 Å². The lowest BCUT2D eigenvalue weighted by Gasteiger charge is -2.16. The fourth-order valence-electron chi connectivity index (χ4n) is 2.99. The summed E-state index contributed by atoms with van der Waals surface area (Å²) in [5.74, 6) is -1.78. The van der Waals surface area contributed by atoms with Crippen LogP contribution in [0.15, 0.2) is 48.5 Å². The molecular weight excluding hydrogens is 380 g/mol. The number of aromatic amines is 1. The summed E-state index contributed by atoms with van der Waals surface area (Å²) in [6, 6.07) is 13.9. The fraction of sp³-hybridized carbons (Fsp3) is 0.286. The first-order valence-electron chi connectivity index (χ1n) is 9.24. The molecule has 29 heavy (non-hydrogen) atoms. The van der Waals surface area contributed by atoms with Gasteiger partial charge in [0.1, 0.15) is 0 Å². The lowest BCUT2D eigenvalue weighted by atomic mass is 9.99. The summed E-state index contributed by atoms with van der Waals surface area (Å²) in [6.45, 7) is 2.07. The highest BCUT2D eigenvalue weighted by atomic mass is 19.3. The summed E-state index contributed by atoms with van der Waals surface area (Å²) in [4.78, 5) is 31.1. The van der Waals surface area contributed by atoms with E-state index < -0.39 is 24.1 Å². The maximum Gasteiger partial charge on any atom is 0.311 e. The van der Waals surface area contributed by atoms with Crippen molar-refractivity contribution in [2.45, 2.75) is 19.8 Å². The molecule has 0 spiro atoms. The maximum absolute atomic E-state index is 12.8. The minimum absolute atomic E-state index is 0.0931.